The number of fused-ring (bicyclic) bond motifs is 1. The van der Waals surface area contributed by atoms with E-state index in [-0.39, 0.29) is 10.8 Å². The first kappa shape index (κ1) is 20.5. The number of rotatable bonds is 5. The van der Waals surface area contributed by atoms with E-state index in [0.29, 0.717) is 5.92 Å². The average molecular weight is 397 g/mol. The fourth-order valence-electron chi connectivity index (χ4n) is 4.58. The van der Waals surface area contributed by atoms with Gasteiger partial charge in [0, 0.05) is 16.7 Å². The van der Waals surface area contributed by atoms with E-state index < -0.39 is 0 Å². The molecule has 154 valence electrons. The van der Waals surface area contributed by atoms with Crippen molar-refractivity contribution in [2.45, 2.75) is 52.4 Å². The summed E-state index contributed by atoms with van der Waals surface area (Å²) >= 11 is 0. The van der Waals surface area contributed by atoms with Crippen LogP contribution in [0.15, 0.2) is 89.3 Å². The van der Waals surface area contributed by atoms with Gasteiger partial charge in [0.25, 0.3) is 0 Å². The number of para-hydroxylation sites is 1. The van der Waals surface area contributed by atoms with Crippen molar-refractivity contribution in [3.05, 3.63) is 107 Å². The lowest BCUT2D eigenvalue weighted by molar-refractivity contribution is 0.358. The molecule has 0 spiro atoms. The van der Waals surface area contributed by atoms with Crippen LogP contribution in [0.1, 0.15) is 63.0 Å². The minimum Gasteiger partial charge on any atom is -0.460 e. The van der Waals surface area contributed by atoms with E-state index in [1.807, 2.05) is 12.1 Å². The molecule has 0 fully saturated rings. The van der Waals surface area contributed by atoms with Crippen LogP contribution in [0, 0.1) is 5.41 Å². The fraction of sp³-hybridized carbons (Fsp3) is 0.310. The van der Waals surface area contributed by atoms with Crippen molar-refractivity contribution in [2.75, 3.05) is 0 Å². The highest BCUT2D eigenvalue weighted by Crippen LogP contribution is 2.41. The van der Waals surface area contributed by atoms with Gasteiger partial charge in [0.15, 0.2) is 0 Å². The smallest absolute Gasteiger partial charge is 0.134 e. The number of benzene rings is 3. The summed E-state index contributed by atoms with van der Waals surface area (Å²) in [5.74, 6) is 1.42. The summed E-state index contributed by atoms with van der Waals surface area (Å²) in [6, 6.07) is 30.5. The lowest BCUT2D eigenvalue weighted by Crippen LogP contribution is -2.21. The topological polar surface area (TPSA) is 13.1 Å². The van der Waals surface area contributed by atoms with Crippen molar-refractivity contribution in [3.8, 4) is 0 Å². The Hall–Kier alpha value is -2.80. The molecule has 0 amide bonds. The van der Waals surface area contributed by atoms with Gasteiger partial charge in [-0.15, -0.1) is 0 Å². The van der Waals surface area contributed by atoms with Crippen LogP contribution in [0.2, 0.25) is 0 Å². The van der Waals surface area contributed by atoms with E-state index in [2.05, 4.69) is 107 Å². The molecule has 0 saturated carbocycles. The molecule has 0 N–H and O–H groups in total. The van der Waals surface area contributed by atoms with Crippen molar-refractivity contribution >= 4 is 11.0 Å². The summed E-state index contributed by atoms with van der Waals surface area (Å²) in [7, 11) is 0. The summed E-state index contributed by atoms with van der Waals surface area (Å²) in [6.07, 6.45) is 0.943. The van der Waals surface area contributed by atoms with E-state index in [0.717, 1.165) is 17.8 Å². The van der Waals surface area contributed by atoms with E-state index in [9.17, 15) is 0 Å². The highest BCUT2D eigenvalue weighted by atomic mass is 16.3. The van der Waals surface area contributed by atoms with E-state index >= 15 is 0 Å². The summed E-state index contributed by atoms with van der Waals surface area (Å²) in [4.78, 5) is 0. The minimum atomic E-state index is -0.0661. The SMILES string of the molecule is CC(C)(Cc1ccc(C(c2ccccc2)C(C)(C)C)cc1)c1cc2ccccc2o1. The van der Waals surface area contributed by atoms with Gasteiger partial charge < -0.3 is 4.42 Å². The molecule has 30 heavy (non-hydrogen) atoms. The van der Waals surface area contributed by atoms with Crippen LogP contribution in [0.5, 0.6) is 0 Å². The third-order valence-electron chi connectivity index (χ3n) is 6.05. The van der Waals surface area contributed by atoms with Gasteiger partial charge >= 0.3 is 0 Å². The van der Waals surface area contributed by atoms with Gasteiger partial charge in [-0.3, -0.25) is 0 Å². The predicted octanol–water partition coefficient (Wildman–Crippen LogP) is 8.13. The zero-order valence-electron chi connectivity index (χ0n) is 18.8. The normalized spacial score (nSPS) is 13.5. The Morgan fingerprint density at radius 1 is 0.700 bits per heavy atom. The number of hydrogen-bond donors (Lipinski definition) is 0. The van der Waals surface area contributed by atoms with Gasteiger partial charge in [-0.05, 0) is 40.7 Å². The molecule has 0 bridgehead atoms. The molecule has 3 aromatic carbocycles. The van der Waals surface area contributed by atoms with Crippen molar-refractivity contribution in [2.24, 2.45) is 5.41 Å². The van der Waals surface area contributed by atoms with E-state index in [1.165, 1.54) is 22.1 Å². The van der Waals surface area contributed by atoms with Gasteiger partial charge in [-0.25, -0.2) is 0 Å². The quantitative estimate of drug-likeness (QED) is 0.332. The van der Waals surface area contributed by atoms with Gasteiger partial charge in [-0.1, -0.05) is 107 Å². The van der Waals surface area contributed by atoms with Crippen LogP contribution in [-0.4, -0.2) is 0 Å². The van der Waals surface area contributed by atoms with Gasteiger partial charge in [0.1, 0.15) is 11.3 Å². The Morgan fingerprint density at radius 2 is 1.30 bits per heavy atom. The van der Waals surface area contributed by atoms with Crippen LogP contribution >= 0.6 is 0 Å². The monoisotopic (exact) mass is 396 g/mol. The Labute approximate surface area is 180 Å². The molecule has 0 aliphatic rings. The fourth-order valence-corrected chi connectivity index (χ4v) is 4.58. The maximum atomic E-state index is 6.17. The van der Waals surface area contributed by atoms with Crippen molar-refractivity contribution in [1.29, 1.82) is 0 Å². The van der Waals surface area contributed by atoms with Gasteiger partial charge in [0.2, 0.25) is 0 Å². The van der Waals surface area contributed by atoms with Crippen molar-refractivity contribution in [1.82, 2.24) is 0 Å². The third kappa shape index (κ3) is 4.21. The van der Waals surface area contributed by atoms with Crippen LogP contribution in [-0.2, 0) is 11.8 Å². The first-order valence-corrected chi connectivity index (χ1v) is 10.9. The molecule has 0 aliphatic carbocycles. The zero-order valence-corrected chi connectivity index (χ0v) is 18.8. The second-order valence-corrected chi connectivity index (χ2v) is 10.2. The van der Waals surface area contributed by atoms with Gasteiger partial charge in [0.05, 0.1) is 0 Å². The first-order valence-electron chi connectivity index (χ1n) is 10.9. The third-order valence-corrected chi connectivity index (χ3v) is 6.05. The van der Waals surface area contributed by atoms with Crippen LogP contribution in [0.25, 0.3) is 11.0 Å². The molecule has 1 nitrogen and oxygen atoms in total. The van der Waals surface area contributed by atoms with Crippen LogP contribution in [0.3, 0.4) is 0 Å². The highest BCUT2D eigenvalue weighted by Gasteiger charge is 2.29. The molecule has 1 heteroatoms. The molecular formula is C29H32O. The maximum absolute atomic E-state index is 6.17. The average Bonchev–Trinajstić information content (AvgIpc) is 3.14. The molecule has 1 aromatic heterocycles. The van der Waals surface area contributed by atoms with Crippen molar-refractivity contribution in [3.63, 3.8) is 0 Å². The highest BCUT2D eigenvalue weighted by molar-refractivity contribution is 5.78. The number of furan rings is 1. The van der Waals surface area contributed by atoms with Gasteiger partial charge in [-0.2, -0.15) is 0 Å². The van der Waals surface area contributed by atoms with E-state index in [1.54, 1.807) is 0 Å². The molecule has 1 unspecified atom stereocenters. The Bertz CT molecular complexity index is 1080. The predicted molar refractivity (Wildman–Crippen MR) is 127 cm³/mol. The molecular weight excluding hydrogens is 364 g/mol. The zero-order chi connectivity index (χ0) is 21.4. The largest absolute Gasteiger partial charge is 0.460 e. The summed E-state index contributed by atoms with van der Waals surface area (Å²) < 4.78 is 6.17. The second kappa shape index (κ2) is 7.80. The number of hydrogen-bond acceptors (Lipinski definition) is 1. The molecule has 4 aromatic rings. The molecule has 0 aliphatic heterocycles. The van der Waals surface area contributed by atoms with Crippen molar-refractivity contribution < 1.29 is 4.42 Å². The molecule has 0 saturated heterocycles. The standard InChI is InChI=1S/C29H32O/c1-28(2,3)27(22-11-7-6-8-12-22)23-17-15-21(16-18-23)20-29(4,5)26-19-24-13-9-10-14-25(24)30-26/h6-19,27H,20H2,1-5H3. The first-order chi connectivity index (χ1) is 14.2. The molecule has 0 radical (unpaired) electrons. The summed E-state index contributed by atoms with van der Waals surface area (Å²) in [5.41, 5.74) is 5.14. The lowest BCUT2D eigenvalue weighted by Gasteiger charge is -2.32. The maximum Gasteiger partial charge on any atom is 0.134 e. The Balaban J connectivity index is 1.59. The molecule has 1 atom stereocenters. The molecule has 1 heterocycles. The second-order valence-electron chi connectivity index (χ2n) is 10.2. The lowest BCUT2D eigenvalue weighted by atomic mass is 9.72. The van der Waals surface area contributed by atoms with Crippen LogP contribution < -0.4 is 0 Å². The van der Waals surface area contributed by atoms with E-state index in [4.69, 9.17) is 4.42 Å². The Morgan fingerprint density at radius 3 is 1.93 bits per heavy atom. The minimum absolute atomic E-state index is 0.0661. The molecule has 4 rings (SSSR count). The summed E-state index contributed by atoms with van der Waals surface area (Å²) in [5, 5.41) is 1.17. The van der Waals surface area contributed by atoms with Crippen LogP contribution in [0.4, 0.5) is 0 Å². The summed E-state index contributed by atoms with van der Waals surface area (Å²) in [6.45, 7) is 11.5. The Kier molecular flexibility index (Phi) is 5.32.